The average molecular weight is 211 g/mol. The molecule has 2 nitrogen and oxygen atoms in total. The summed E-state index contributed by atoms with van der Waals surface area (Å²) in [6, 6.07) is 6.15. The highest BCUT2D eigenvalue weighted by atomic mass is 35.5. The number of hydrogen-bond acceptors (Lipinski definition) is 2. The van der Waals surface area contributed by atoms with E-state index in [1.807, 2.05) is 12.1 Å². The van der Waals surface area contributed by atoms with Gasteiger partial charge in [0.25, 0.3) is 0 Å². The number of halogens is 1. The van der Waals surface area contributed by atoms with E-state index in [1.165, 1.54) is 11.1 Å². The Balaban J connectivity index is 2.18. The van der Waals surface area contributed by atoms with Crippen molar-refractivity contribution < 1.29 is 0 Å². The van der Waals surface area contributed by atoms with E-state index in [9.17, 15) is 0 Å². The standard InChI is InChI=1S/C11H15ClN2/c12-11-3-1-2-9-8-14(7-5-13)6-4-10(9)11/h1-3H,4-8,13H2. The third kappa shape index (κ3) is 1.92. The van der Waals surface area contributed by atoms with Gasteiger partial charge in [0.15, 0.2) is 0 Å². The number of hydrogen-bond donors (Lipinski definition) is 1. The van der Waals surface area contributed by atoms with Gasteiger partial charge in [-0.05, 0) is 23.6 Å². The molecule has 0 spiro atoms. The predicted molar refractivity (Wildman–Crippen MR) is 59.5 cm³/mol. The molecule has 0 unspecified atom stereocenters. The molecular formula is C11H15ClN2. The summed E-state index contributed by atoms with van der Waals surface area (Å²) >= 11 is 6.12. The highest BCUT2D eigenvalue weighted by molar-refractivity contribution is 6.31. The van der Waals surface area contributed by atoms with Crippen LogP contribution in [0.25, 0.3) is 0 Å². The van der Waals surface area contributed by atoms with Gasteiger partial charge >= 0.3 is 0 Å². The summed E-state index contributed by atoms with van der Waals surface area (Å²) in [5.74, 6) is 0. The molecule has 0 saturated carbocycles. The lowest BCUT2D eigenvalue weighted by atomic mass is 10.00. The fourth-order valence-electron chi connectivity index (χ4n) is 1.99. The molecule has 0 fully saturated rings. The summed E-state index contributed by atoms with van der Waals surface area (Å²) in [5, 5.41) is 0.912. The van der Waals surface area contributed by atoms with Crippen molar-refractivity contribution in [3.63, 3.8) is 0 Å². The zero-order chi connectivity index (χ0) is 9.97. The van der Waals surface area contributed by atoms with Crippen molar-refractivity contribution in [3.8, 4) is 0 Å². The molecule has 3 heteroatoms. The molecule has 0 radical (unpaired) electrons. The Morgan fingerprint density at radius 2 is 2.29 bits per heavy atom. The van der Waals surface area contributed by atoms with Gasteiger partial charge in [-0.2, -0.15) is 0 Å². The monoisotopic (exact) mass is 210 g/mol. The lowest BCUT2D eigenvalue weighted by Gasteiger charge is -2.28. The van der Waals surface area contributed by atoms with E-state index >= 15 is 0 Å². The molecule has 0 atom stereocenters. The molecule has 2 rings (SSSR count). The minimum Gasteiger partial charge on any atom is -0.329 e. The topological polar surface area (TPSA) is 29.3 Å². The van der Waals surface area contributed by atoms with Gasteiger partial charge in [-0.15, -0.1) is 0 Å². The van der Waals surface area contributed by atoms with Gasteiger partial charge in [-0.3, -0.25) is 4.90 Å². The molecule has 0 saturated heterocycles. The van der Waals surface area contributed by atoms with E-state index in [0.29, 0.717) is 0 Å². The van der Waals surface area contributed by atoms with Crippen LogP contribution in [0.1, 0.15) is 11.1 Å². The molecule has 1 heterocycles. The van der Waals surface area contributed by atoms with Crippen LogP contribution < -0.4 is 5.73 Å². The first-order valence-corrected chi connectivity index (χ1v) is 5.38. The van der Waals surface area contributed by atoms with E-state index in [0.717, 1.165) is 37.6 Å². The highest BCUT2D eigenvalue weighted by Gasteiger charge is 2.16. The van der Waals surface area contributed by atoms with Gasteiger partial charge in [0.1, 0.15) is 0 Å². The number of benzene rings is 1. The van der Waals surface area contributed by atoms with E-state index in [4.69, 9.17) is 17.3 Å². The lowest BCUT2D eigenvalue weighted by molar-refractivity contribution is 0.261. The van der Waals surface area contributed by atoms with Crippen LogP contribution in [0.3, 0.4) is 0 Å². The minimum atomic E-state index is 0.732. The van der Waals surface area contributed by atoms with Crippen LogP contribution in [0.15, 0.2) is 18.2 Å². The molecule has 0 aliphatic carbocycles. The van der Waals surface area contributed by atoms with Crippen molar-refractivity contribution in [2.24, 2.45) is 5.73 Å². The van der Waals surface area contributed by atoms with Gasteiger partial charge in [-0.25, -0.2) is 0 Å². The highest BCUT2D eigenvalue weighted by Crippen LogP contribution is 2.25. The molecule has 0 bridgehead atoms. The molecule has 14 heavy (non-hydrogen) atoms. The molecule has 2 N–H and O–H groups in total. The molecular weight excluding hydrogens is 196 g/mol. The molecule has 0 aromatic heterocycles. The summed E-state index contributed by atoms with van der Waals surface area (Å²) in [6.45, 7) is 3.78. The first kappa shape index (κ1) is 9.97. The second-order valence-corrected chi connectivity index (χ2v) is 4.10. The van der Waals surface area contributed by atoms with Gasteiger partial charge in [0.2, 0.25) is 0 Å². The maximum absolute atomic E-state index is 6.12. The largest absolute Gasteiger partial charge is 0.329 e. The second kappa shape index (κ2) is 4.30. The summed E-state index contributed by atoms with van der Waals surface area (Å²) < 4.78 is 0. The van der Waals surface area contributed by atoms with Crippen LogP contribution in [0, 0.1) is 0 Å². The molecule has 76 valence electrons. The Kier molecular flexibility index (Phi) is 3.06. The summed E-state index contributed by atoms with van der Waals surface area (Å²) in [7, 11) is 0. The summed E-state index contributed by atoms with van der Waals surface area (Å²) in [5.41, 5.74) is 8.22. The first-order chi connectivity index (χ1) is 6.81. The third-order valence-electron chi connectivity index (χ3n) is 2.73. The van der Waals surface area contributed by atoms with E-state index in [-0.39, 0.29) is 0 Å². The molecule has 0 amide bonds. The SMILES string of the molecule is NCCN1CCc2c(Cl)cccc2C1. The zero-order valence-electron chi connectivity index (χ0n) is 8.17. The average Bonchev–Trinajstić information content (AvgIpc) is 2.18. The van der Waals surface area contributed by atoms with Crippen LogP contribution in [-0.2, 0) is 13.0 Å². The summed E-state index contributed by atoms with van der Waals surface area (Å²) in [6.07, 6.45) is 1.05. The van der Waals surface area contributed by atoms with Gasteiger partial charge in [-0.1, -0.05) is 23.7 Å². The van der Waals surface area contributed by atoms with Crippen LogP contribution >= 0.6 is 11.6 Å². The molecule has 1 aliphatic rings. The van der Waals surface area contributed by atoms with Crippen LogP contribution in [-0.4, -0.2) is 24.5 Å². The van der Waals surface area contributed by atoms with Crippen molar-refractivity contribution in [1.29, 1.82) is 0 Å². The van der Waals surface area contributed by atoms with Crippen molar-refractivity contribution in [2.45, 2.75) is 13.0 Å². The lowest BCUT2D eigenvalue weighted by Crippen LogP contribution is -2.34. The Morgan fingerprint density at radius 3 is 3.07 bits per heavy atom. The normalized spacial score (nSPS) is 16.7. The van der Waals surface area contributed by atoms with Crippen LogP contribution in [0.5, 0.6) is 0 Å². The smallest absolute Gasteiger partial charge is 0.0441 e. The minimum absolute atomic E-state index is 0.732. The van der Waals surface area contributed by atoms with Crippen LogP contribution in [0.4, 0.5) is 0 Å². The Morgan fingerprint density at radius 1 is 1.43 bits per heavy atom. The van der Waals surface area contributed by atoms with Crippen molar-refractivity contribution in [1.82, 2.24) is 4.90 Å². The number of nitrogens with zero attached hydrogens (tertiary/aromatic N) is 1. The van der Waals surface area contributed by atoms with Gasteiger partial charge in [0.05, 0.1) is 0 Å². The first-order valence-electron chi connectivity index (χ1n) is 5.00. The fourth-order valence-corrected chi connectivity index (χ4v) is 2.28. The fraction of sp³-hybridized carbons (Fsp3) is 0.455. The number of rotatable bonds is 2. The molecule has 1 aliphatic heterocycles. The quantitative estimate of drug-likeness (QED) is 0.805. The Bertz CT molecular complexity index is 325. The predicted octanol–water partition coefficient (Wildman–Crippen LogP) is 1.66. The number of nitrogens with two attached hydrogens (primary N) is 1. The second-order valence-electron chi connectivity index (χ2n) is 3.69. The Hall–Kier alpha value is -0.570. The number of fused-ring (bicyclic) bond motifs is 1. The van der Waals surface area contributed by atoms with Gasteiger partial charge in [0, 0.05) is 31.2 Å². The van der Waals surface area contributed by atoms with Crippen molar-refractivity contribution in [2.75, 3.05) is 19.6 Å². The van der Waals surface area contributed by atoms with Crippen LogP contribution in [0.2, 0.25) is 5.02 Å². The van der Waals surface area contributed by atoms with E-state index in [2.05, 4.69) is 11.0 Å². The maximum Gasteiger partial charge on any atom is 0.0441 e. The van der Waals surface area contributed by atoms with E-state index in [1.54, 1.807) is 0 Å². The summed E-state index contributed by atoms with van der Waals surface area (Å²) in [4.78, 5) is 2.37. The maximum atomic E-state index is 6.12. The van der Waals surface area contributed by atoms with E-state index < -0.39 is 0 Å². The molecule has 1 aromatic rings. The molecule has 1 aromatic carbocycles. The third-order valence-corrected chi connectivity index (χ3v) is 3.09. The van der Waals surface area contributed by atoms with Crippen molar-refractivity contribution in [3.05, 3.63) is 34.3 Å². The Labute approximate surface area is 89.7 Å². The van der Waals surface area contributed by atoms with Gasteiger partial charge < -0.3 is 5.73 Å². The van der Waals surface area contributed by atoms with Crippen molar-refractivity contribution >= 4 is 11.6 Å². The zero-order valence-corrected chi connectivity index (χ0v) is 8.93.